The van der Waals surface area contributed by atoms with Gasteiger partial charge in [0.1, 0.15) is 12.2 Å². The van der Waals surface area contributed by atoms with Crippen LogP contribution in [-0.4, -0.2) is 4.98 Å². The molecule has 0 fully saturated rings. The summed E-state index contributed by atoms with van der Waals surface area (Å²) in [5, 5.41) is 1.58. The van der Waals surface area contributed by atoms with Gasteiger partial charge in [-0.25, -0.2) is 4.98 Å². The van der Waals surface area contributed by atoms with Crippen LogP contribution in [0.15, 0.2) is 53.3 Å². The number of hydrogen-bond acceptors (Lipinski definition) is 3. The molecule has 18 heavy (non-hydrogen) atoms. The third-order valence-electron chi connectivity index (χ3n) is 2.66. The lowest BCUT2D eigenvalue weighted by molar-refractivity contribution is 0.293. The number of halogens is 1. The van der Waals surface area contributed by atoms with Gasteiger partial charge in [-0.15, -0.1) is 0 Å². The van der Waals surface area contributed by atoms with Crippen molar-refractivity contribution in [2.24, 2.45) is 0 Å². The van der Waals surface area contributed by atoms with Crippen LogP contribution in [0.5, 0.6) is 5.88 Å². The molecule has 0 aliphatic rings. The molecule has 0 saturated carbocycles. The zero-order chi connectivity index (χ0) is 12.4. The maximum absolute atomic E-state index is 6.07. The largest absolute Gasteiger partial charge is 0.473 e. The number of nitrogens with zero attached hydrogens (tertiary/aromatic N) is 1. The molecule has 1 aromatic carbocycles. The van der Waals surface area contributed by atoms with E-state index in [0.29, 0.717) is 17.5 Å². The average molecular weight is 260 g/mol. The Bertz CT molecular complexity index is 664. The molecule has 2 aromatic heterocycles. The van der Waals surface area contributed by atoms with Crippen molar-refractivity contribution in [3.05, 3.63) is 59.4 Å². The van der Waals surface area contributed by atoms with Crippen LogP contribution in [0, 0.1) is 0 Å². The fraction of sp³-hybridized carbons (Fsp3) is 0.0714. The maximum atomic E-state index is 6.07. The van der Waals surface area contributed by atoms with Gasteiger partial charge in [-0.1, -0.05) is 23.7 Å². The third-order valence-corrected chi connectivity index (χ3v) is 2.99. The van der Waals surface area contributed by atoms with Crippen molar-refractivity contribution in [2.75, 3.05) is 0 Å². The zero-order valence-electron chi connectivity index (χ0n) is 9.47. The van der Waals surface area contributed by atoms with E-state index in [2.05, 4.69) is 4.98 Å². The second-order valence-corrected chi connectivity index (χ2v) is 4.23. The van der Waals surface area contributed by atoms with Crippen LogP contribution in [-0.2, 0) is 6.61 Å². The maximum Gasteiger partial charge on any atom is 0.213 e. The minimum atomic E-state index is 0.401. The number of pyridine rings is 1. The number of aromatic nitrogens is 1. The predicted molar refractivity (Wildman–Crippen MR) is 69.8 cm³/mol. The Kier molecular flexibility index (Phi) is 2.90. The first-order chi connectivity index (χ1) is 8.84. The first kappa shape index (κ1) is 11.1. The van der Waals surface area contributed by atoms with Gasteiger partial charge in [0.05, 0.1) is 11.3 Å². The number of hydrogen-bond donors (Lipinski definition) is 0. The molecule has 0 saturated heterocycles. The Morgan fingerprint density at radius 3 is 2.94 bits per heavy atom. The number of benzene rings is 1. The summed E-state index contributed by atoms with van der Waals surface area (Å²) < 4.78 is 11.0. The SMILES string of the molecule is Clc1ccc(COc2ccccn2)c2occc12. The van der Waals surface area contributed by atoms with Gasteiger partial charge in [0.2, 0.25) is 5.88 Å². The van der Waals surface area contributed by atoms with Gasteiger partial charge in [-0.3, -0.25) is 0 Å². The van der Waals surface area contributed by atoms with E-state index >= 15 is 0 Å². The van der Waals surface area contributed by atoms with Crippen LogP contribution >= 0.6 is 11.6 Å². The molecule has 0 radical (unpaired) electrons. The van der Waals surface area contributed by atoms with Gasteiger partial charge in [0.15, 0.2) is 0 Å². The molecular weight excluding hydrogens is 250 g/mol. The first-order valence-corrected chi connectivity index (χ1v) is 5.91. The van der Waals surface area contributed by atoms with E-state index in [0.717, 1.165) is 16.5 Å². The number of furan rings is 1. The molecule has 3 rings (SSSR count). The van der Waals surface area contributed by atoms with Crippen LogP contribution in [0.4, 0.5) is 0 Å². The summed E-state index contributed by atoms with van der Waals surface area (Å²) in [5.74, 6) is 0.590. The van der Waals surface area contributed by atoms with Crippen molar-refractivity contribution < 1.29 is 9.15 Å². The molecule has 90 valence electrons. The summed E-state index contributed by atoms with van der Waals surface area (Å²) in [6.45, 7) is 0.401. The molecule has 0 N–H and O–H groups in total. The molecule has 0 amide bonds. The molecule has 0 bridgehead atoms. The predicted octanol–water partition coefficient (Wildman–Crippen LogP) is 4.06. The number of fused-ring (bicyclic) bond motifs is 1. The van der Waals surface area contributed by atoms with E-state index < -0.39 is 0 Å². The molecule has 0 spiro atoms. The molecule has 0 aliphatic heterocycles. The highest BCUT2D eigenvalue weighted by Gasteiger charge is 2.08. The van der Waals surface area contributed by atoms with Crippen molar-refractivity contribution in [1.29, 1.82) is 0 Å². The fourth-order valence-corrected chi connectivity index (χ4v) is 1.99. The normalized spacial score (nSPS) is 10.7. The second kappa shape index (κ2) is 4.70. The summed E-state index contributed by atoms with van der Waals surface area (Å²) >= 11 is 6.07. The van der Waals surface area contributed by atoms with Gasteiger partial charge in [0.25, 0.3) is 0 Å². The van der Waals surface area contributed by atoms with Crippen molar-refractivity contribution in [1.82, 2.24) is 4.98 Å². The highest BCUT2D eigenvalue weighted by molar-refractivity contribution is 6.35. The lowest BCUT2D eigenvalue weighted by Crippen LogP contribution is -1.97. The average Bonchev–Trinajstić information content (AvgIpc) is 2.90. The van der Waals surface area contributed by atoms with Gasteiger partial charge in [0, 0.05) is 23.2 Å². The number of rotatable bonds is 3. The van der Waals surface area contributed by atoms with Crippen molar-refractivity contribution in [2.45, 2.75) is 6.61 Å². The van der Waals surface area contributed by atoms with E-state index in [1.54, 1.807) is 12.5 Å². The summed E-state index contributed by atoms with van der Waals surface area (Å²) in [6.07, 6.45) is 3.32. The van der Waals surface area contributed by atoms with Crippen LogP contribution in [0.1, 0.15) is 5.56 Å². The van der Waals surface area contributed by atoms with Gasteiger partial charge >= 0.3 is 0 Å². The molecule has 2 heterocycles. The van der Waals surface area contributed by atoms with Crippen LogP contribution in [0.3, 0.4) is 0 Å². The standard InChI is InChI=1S/C14H10ClNO2/c15-12-5-4-10(14-11(12)6-8-17-14)9-18-13-3-1-2-7-16-13/h1-8H,9H2. The van der Waals surface area contributed by atoms with Gasteiger partial charge in [-0.2, -0.15) is 0 Å². The quantitative estimate of drug-likeness (QED) is 0.711. The Hall–Kier alpha value is -2.00. The van der Waals surface area contributed by atoms with Crippen molar-refractivity contribution >= 4 is 22.6 Å². The molecule has 0 unspecified atom stereocenters. The molecule has 0 atom stereocenters. The Morgan fingerprint density at radius 2 is 2.11 bits per heavy atom. The second-order valence-electron chi connectivity index (χ2n) is 3.83. The summed E-state index contributed by atoms with van der Waals surface area (Å²) in [5.41, 5.74) is 1.71. The van der Waals surface area contributed by atoms with Crippen molar-refractivity contribution in [3.63, 3.8) is 0 Å². The van der Waals surface area contributed by atoms with Crippen LogP contribution in [0.25, 0.3) is 11.0 Å². The third kappa shape index (κ3) is 2.05. The zero-order valence-corrected chi connectivity index (χ0v) is 10.2. The van der Waals surface area contributed by atoms with Crippen LogP contribution in [0.2, 0.25) is 5.02 Å². The first-order valence-electron chi connectivity index (χ1n) is 5.53. The molecule has 3 aromatic rings. The Labute approximate surface area is 109 Å². The smallest absolute Gasteiger partial charge is 0.213 e. The van der Waals surface area contributed by atoms with E-state index in [-0.39, 0.29) is 0 Å². The minimum Gasteiger partial charge on any atom is -0.473 e. The Morgan fingerprint density at radius 1 is 1.17 bits per heavy atom. The van der Waals surface area contributed by atoms with Crippen LogP contribution < -0.4 is 4.74 Å². The summed E-state index contributed by atoms with van der Waals surface area (Å²) in [7, 11) is 0. The van der Waals surface area contributed by atoms with E-state index in [9.17, 15) is 0 Å². The van der Waals surface area contributed by atoms with E-state index in [1.807, 2.05) is 36.4 Å². The van der Waals surface area contributed by atoms with E-state index in [1.165, 1.54) is 0 Å². The monoisotopic (exact) mass is 259 g/mol. The summed E-state index contributed by atoms with van der Waals surface area (Å²) in [4.78, 5) is 4.10. The lowest BCUT2D eigenvalue weighted by Gasteiger charge is -2.06. The highest BCUT2D eigenvalue weighted by atomic mass is 35.5. The minimum absolute atomic E-state index is 0.401. The lowest BCUT2D eigenvalue weighted by atomic mass is 10.1. The highest BCUT2D eigenvalue weighted by Crippen LogP contribution is 2.28. The Balaban J connectivity index is 1.87. The van der Waals surface area contributed by atoms with Crippen molar-refractivity contribution in [3.8, 4) is 5.88 Å². The molecule has 3 nitrogen and oxygen atoms in total. The topological polar surface area (TPSA) is 35.3 Å². The molecule has 0 aliphatic carbocycles. The van der Waals surface area contributed by atoms with E-state index in [4.69, 9.17) is 20.8 Å². The molecular formula is C14H10ClNO2. The number of ether oxygens (including phenoxy) is 1. The molecule has 4 heteroatoms. The van der Waals surface area contributed by atoms with Gasteiger partial charge in [-0.05, 0) is 18.2 Å². The fourth-order valence-electron chi connectivity index (χ4n) is 1.78. The van der Waals surface area contributed by atoms with Gasteiger partial charge < -0.3 is 9.15 Å². The summed E-state index contributed by atoms with van der Waals surface area (Å²) in [6, 6.07) is 11.1.